The van der Waals surface area contributed by atoms with Gasteiger partial charge in [-0.1, -0.05) is 24.0 Å². The molecule has 0 unspecified atom stereocenters. The van der Waals surface area contributed by atoms with Crippen LogP contribution in [0.15, 0.2) is 48.5 Å². The fourth-order valence-electron chi connectivity index (χ4n) is 2.70. The van der Waals surface area contributed by atoms with Gasteiger partial charge in [-0.15, -0.1) is 0 Å². The fraction of sp³-hybridized carbons (Fsp3) is 0.240. The van der Waals surface area contributed by atoms with E-state index in [-0.39, 0.29) is 18.9 Å². The number of carbonyl (C=O) groups excluding carboxylic acids is 3. The molecule has 0 saturated heterocycles. The van der Waals surface area contributed by atoms with E-state index >= 15 is 0 Å². The number of hydrogen-bond donors (Lipinski definition) is 5. The molecule has 0 spiro atoms. The van der Waals surface area contributed by atoms with E-state index in [4.69, 9.17) is 16.6 Å². The van der Waals surface area contributed by atoms with Crippen molar-refractivity contribution in [2.75, 3.05) is 26.2 Å². The molecule has 0 aliphatic heterocycles. The van der Waals surface area contributed by atoms with Crippen LogP contribution < -0.4 is 22.1 Å². The van der Waals surface area contributed by atoms with Crippen LogP contribution in [0.25, 0.3) is 0 Å². The molecule has 2 amide bonds. The molecular weight excluding hydrogens is 420 g/mol. The van der Waals surface area contributed by atoms with Crippen LogP contribution in [0.3, 0.4) is 0 Å². The molecule has 0 bridgehead atoms. The summed E-state index contributed by atoms with van der Waals surface area (Å²) < 4.78 is 0. The van der Waals surface area contributed by atoms with Crippen LogP contribution >= 0.6 is 0 Å². The van der Waals surface area contributed by atoms with Gasteiger partial charge < -0.3 is 27.2 Å². The van der Waals surface area contributed by atoms with Crippen molar-refractivity contribution in [1.29, 1.82) is 0 Å². The standard InChI is InChI=1S/C25H26N4O4/c26-13-14-28-24(32)15-20-7-5-18(6-8-20)3-1-2-4-19-9-11-21(12-10-19)25(33)29-22(16-27)23(31)17-30/h5-12,22,30H,13-17,26-27H2,(H,28,32)(H,29,33)/t22-/m0/s1. The number of nitrogens with one attached hydrogen (secondary N) is 2. The van der Waals surface area contributed by atoms with Crippen LogP contribution in [0.5, 0.6) is 0 Å². The Hall–Kier alpha value is -3.95. The zero-order valence-electron chi connectivity index (χ0n) is 18.1. The highest BCUT2D eigenvalue weighted by atomic mass is 16.3. The first kappa shape index (κ1) is 25.3. The molecule has 0 aromatic heterocycles. The van der Waals surface area contributed by atoms with E-state index in [2.05, 4.69) is 34.3 Å². The highest BCUT2D eigenvalue weighted by molar-refractivity contribution is 5.98. The number of hydrogen-bond acceptors (Lipinski definition) is 6. The average Bonchev–Trinajstić information content (AvgIpc) is 2.84. The molecule has 2 rings (SSSR count). The zero-order chi connectivity index (χ0) is 24.1. The summed E-state index contributed by atoms with van der Waals surface area (Å²) in [4.78, 5) is 35.4. The zero-order valence-corrected chi connectivity index (χ0v) is 18.1. The lowest BCUT2D eigenvalue weighted by Crippen LogP contribution is -2.46. The lowest BCUT2D eigenvalue weighted by atomic mass is 10.1. The summed E-state index contributed by atoms with van der Waals surface area (Å²) in [5.74, 6) is 10.3. The minimum atomic E-state index is -0.931. The predicted molar refractivity (Wildman–Crippen MR) is 125 cm³/mol. The van der Waals surface area contributed by atoms with Gasteiger partial charge in [0.2, 0.25) is 5.91 Å². The van der Waals surface area contributed by atoms with Crippen molar-refractivity contribution in [1.82, 2.24) is 10.6 Å². The molecule has 0 heterocycles. The van der Waals surface area contributed by atoms with Gasteiger partial charge in [0.15, 0.2) is 5.78 Å². The lowest BCUT2D eigenvalue weighted by molar-refractivity contribution is -0.123. The van der Waals surface area contributed by atoms with E-state index in [1.807, 2.05) is 24.3 Å². The fourth-order valence-corrected chi connectivity index (χ4v) is 2.70. The van der Waals surface area contributed by atoms with Crippen molar-refractivity contribution in [3.8, 4) is 23.7 Å². The molecule has 0 radical (unpaired) electrons. The molecular formula is C25H26N4O4. The smallest absolute Gasteiger partial charge is 0.251 e. The number of nitrogens with two attached hydrogens (primary N) is 2. The molecule has 1 atom stereocenters. The topological polar surface area (TPSA) is 148 Å². The van der Waals surface area contributed by atoms with E-state index in [0.29, 0.717) is 24.2 Å². The Balaban J connectivity index is 1.93. The average molecular weight is 447 g/mol. The number of amides is 2. The Kier molecular flexibility index (Phi) is 10.3. The number of rotatable bonds is 9. The van der Waals surface area contributed by atoms with Gasteiger partial charge in [-0.25, -0.2) is 0 Å². The largest absolute Gasteiger partial charge is 0.388 e. The maximum absolute atomic E-state index is 12.2. The van der Waals surface area contributed by atoms with Gasteiger partial charge in [-0.3, -0.25) is 14.4 Å². The van der Waals surface area contributed by atoms with Gasteiger partial charge in [-0.05, 0) is 53.8 Å². The molecule has 2 aromatic rings. The summed E-state index contributed by atoms with van der Waals surface area (Å²) in [5, 5.41) is 14.1. The highest BCUT2D eigenvalue weighted by Crippen LogP contribution is 2.05. The highest BCUT2D eigenvalue weighted by Gasteiger charge is 2.18. The van der Waals surface area contributed by atoms with Crippen molar-refractivity contribution in [3.63, 3.8) is 0 Å². The van der Waals surface area contributed by atoms with Crippen molar-refractivity contribution >= 4 is 17.6 Å². The van der Waals surface area contributed by atoms with Crippen molar-refractivity contribution < 1.29 is 19.5 Å². The monoisotopic (exact) mass is 446 g/mol. The minimum Gasteiger partial charge on any atom is -0.388 e. The van der Waals surface area contributed by atoms with Crippen molar-refractivity contribution in [3.05, 3.63) is 70.8 Å². The molecule has 0 saturated carbocycles. The minimum absolute atomic E-state index is 0.0773. The van der Waals surface area contributed by atoms with Crippen LogP contribution in [0, 0.1) is 23.7 Å². The SMILES string of the molecule is NCCNC(=O)Cc1ccc(C#CC#Cc2ccc(C(=O)N[C@@H](CN)C(=O)CO)cc2)cc1. The molecule has 7 N–H and O–H groups in total. The van der Waals surface area contributed by atoms with Crippen LogP contribution in [0.2, 0.25) is 0 Å². The van der Waals surface area contributed by atoms with Gasteiger partial charge in [0, 0.05) is 36.3 Å². The second kappa shape index (κ2) is 13.5. The quantitative estimate of drug-likeness (QED) is 0.323. The lowest BCUT2D eigenvalue weighted by Gasteiger charge is -2.14. The number of benzene rings is 2. The predicted octanol–water partition coefficient (Wildman–Crippen LogP) is -0.674. The first-order valence-electron chi connectivity index (χ1n) is 10.3. The molecule has 33 heavy (non-hydrogen) atoms. The normalized spacial score (nSPS) is 10.6. The van der Waals surface area contributed by atoms with Gasteiger partial charge in [0.05, 0.1) is 6.42 Å². The first-order chi connectivity index (χ1) is 16.0. The van der Waals surface area contributed by atoms with Gasteiger partial charge >= 0.3 is 0 Å². The van der Waals surface area contributed by atoms with Gasteiger partial charge in [-0.2, -0.15) is 0 Å². The van der Waals surface area contributed by atoms with Crippen molar-refractivity contribution in [2.24, 2.45) is 11.5 Å². The van der Waals surface area contributed by atoms with Gasteiger partial charge in [0.25, 0.3) is 5.91 Å². The summed E-state index contributed by atoms with van der Waals surface area (Å²) in [6, 6.07) is 12.9. The summed E-state index contributed by atoms with van der Waals surface area (Å²) in [7, 11) is 0. The number of aliphatic hydroxyl groups excluding tert-OH is 1. The number of ketones is 1. The van der Waals surface area contributed by atoms with E-state index in [9.17, 15) is 14.4 Å². The van der Waals surface area contributed by atoms with Crippen LogP contribution in [-0.4, -0.2) is 55.0 Å². The Morgan fingerprint density at radius 2 is 1.48 bits per heavy atom. The molecule has 0 aliphatic rings. The molecule has 2 aromatic carbocycles. The Bertz CT molecular complexity index is 1090. The second-order valence-corrected chi connectivity index (χ2v) is 6.98. The summed E-state index contributed by atoms with van der Waals surface area (Å²) in [6.45, 7) is 0.0788. The summed E-state index contributed by atoms with van der Waals surface area (Å²) >= 11 is 0. The maximum atomic E-state index is 12.2. The van der Waals surface area contributed by atoms with Crippen LogP contribution in [0.4, 0.5) is 0 Å². The van der Waals surface area contributed by atoms with E-state index in [1.165, 1.54) is 0 Å². The maximum Gasteiger partial charge on any atom is 0.251 e. The molecule has 0 aliphatic carbocycles. The number of aliphatic hydroxyl groups is 1. The summed E-state index contributed by atoms with van der Waals surface area (Å²) in [6.07, 6.45) is 0.284. The third-order valence-electron chi connectivity index (χ3n) is 4.49. The van der Waals surface area contributed by atoms with E-state index in [1.54, 1.807) is 24.3 Å². The van der Waals surface area contributed by atoms with Crippen LogP contribution in [-0.2, 0) is 16.0 Å². The Labute approximate surface area is 192 Å². The first-order valence-corrected chi connectivity index (χ1v) is 10.3. The van der Waals surface area contributed by atoms with Gasteiger partial charge in [0.1, 0.15) is 12.6 Å². The third-order valence-corrected chi connectivity index (χ3v) is 4.49. The summed E-state index contributed by atoms with van der Waals surface area (Å²) in [5.41, 5.74) is 13.5. The van der Waals surface area contributed by atoms with E-state index < -0.39 is 24.3 Å². The molecule has 170 valence electrons. The van der Waals surface area contributed by atoms with E-state index in [0.717, 1.165) is 11.1 Å². The Morgan fingerprint density at radius 1 is 0.909 bits per heavy atom. The number of carbonyl (C=O) groups is 3. The second-order valence-electron chi connectivity index (χ2n) is 6.98. The van der Waals surface area contributed by atoms with Crippen LogP contribution in [0.1, 0.15) is 27.0 Å². The Morgan fingerprint density at radius 3 is 2.00 bits per heavy atom. The molecule has 8 nitrogen and oxygen atoms in total. The van der Waals surface area contributed by atoms with Crippen molar-refractivity contribution in [2.45, 2.75) is 12.5 Å². The molecule has 8 heteroatoms. The molecule has 0 fully saturated rings. The number of Topliss-reactive ketones (excluding diaryl/α,β-unsaturated/α-hetero) is 1. The third kappa shape index (κ3) is 8.60.